The number of aromatic nitrogens is 2. The second-order valence-corrected chi connectivity index (χ2v) is 4.40. The summed E-state index contributed by atoms with van der Waals surface area (Å²) in [6.45, 7) is 0.760. The normalized spacial score (nSPS) is 10.1. The molecule has 4 nitrogen and oxygen atoms in total. The van der Waals surface area contributed by atoms with E-state index in [-0.39, 0.29) is 0 Å². The first-order valence-corrected chi connectivity index (χ1v) is 5.94. The molecule has 2 N–H and O–H groups in total. The predicted octanol–water partition coefficient (Wildman–Crippen LogP) is 1.75. The second-order valence-electron chi connectivity index (χ2n) is 3.96. The third-order valence-corrected chi connectivity index (χ3v) is 2.76. The molecule has 0 saturated carbocycles. The van der Waals surface area contributed by atoms with Crippen LogP contribution in [0.4, 0.5) is 5.82 Å². The van der Waals surface area contributed by atoms with Crippen LogP contribution in [-0.4, -0.2) is 22.0 Å². The van der Waals surface area contributed by atoms with E-state index in [9.17, 15) is 0 Å². The lowest BCUT2D eigenvalue weighted by Gasteiger charge is -2.18. The van der Waals surface area contributed by atoms with Crippen LogP contribution in [0.15, 0.2) is 42.7 Å². The fourth-order valence-corrected chi connectivity index (χ4v) is 1.73. The predicted molar refractivity (Wildman–Crippen MR) is 76.5 cm³/mol. The number of pyridine rings is 2. The Morgan fingerprint density at radius 1 is 1.28 bits per heavy atom. The average molecular weight is 258 g/mol. The van der Waals surface area contributed by atoms with Crippen molar-refractivity contribution in [1.29, 1.82) is 0 Å². The highest BCUT2D eigenvalue weighted by atomic mass is 32.1. The minimum Gasteiger partial charge on any atom is -0.388 e. The van der Waals surface area contributed by atoms with E-state index in [0.717, 1.165) is 12.4 Å². The van der Waals surface area contributed by atoms with E-state index in [1.807, 2.05) is 42.3 Å². The minimum atomic E-state index is 0.314. The van der Waals surface area contributed by atoms with Crippen LogP contribution >= 0.6 is 12.2 Å². The standard InChI is InChI=1S/C13H14N4S/c1-17(9-10-5-7-15-8-6-10)12-4-2-3-11(16-12)13(14)18/h2-8H,9H2,1H3,(H2,14,18). The third-order valence-electron chi connectivity index (χ3n) is 2.55. The van der Waals surface area contributed by atoms with E-state index in [4.69, 9.17) is 18.0 Å². The molecule has 92 valence electrons. The van der Waals surface area contributed by atoms with Crippen molar-refractivity contribution in [3.63, 3.8) is 0 Å². The van der Waals surface area contributed by atoms with Gasteiger partial charge in [0.25, 0.3) is 0 Å². The fraction of sp³-hybridized carbons (Fsp3) is 0.154. The summed E-state index contributed by atoms with van der Waals surface area (Å²) >= 11 is 4.93. The number of hydrogen-bond donors (Lipinski definition) is 1. The van der Waals surface area contributed by atoms with E-state index < -0.39 is 0 Å². The monoisotopic (exact) mass is 258 g/mol. The van der Waals surface area contributed by atoms with Gasteiger partial charge in [-0.15, -0.1) is 0 Å². The van der Waals surface area contributed by atoms with E-state index in [1.165, 1.54) is 5.56 Å². The van der Waals surface area contributed by atoms with Crippen molar-refractivity contribution in [2.75, 3.05) is 11.9 Å². The maximum atomic E-state index is 5.58. The van der Waals surface area contributed by atoms with Gasteiger partial charge in [-0.05, 0) is 29.8 Å². The SMILES string of the molecule is CN(Cc1ccncc1)c1cccc(C(N)=S)n1. The van der Waals surface area contributed by atoms with Crippen LogP contribution in [-0.2, 0) is 6.54 Å². The molecule has 0 aliphatic rings. The van der Waals surface area contributed by atoms with Crippen molar-refractivity contribution in [2.45, 2.75) is 6.54 Å². The van der Waals surface area contributed by atoms with Crippen molar-refractivity contribution in [3.05, 3.63) is 54.0 Å². The summed E-state index contributed by atoms with van der Waals surface area (Å²) in [4.78, 5) is 10.8. The highest BCUT2D eigenvalue weighted by Gasteiger charge is 2.05. The smallest absolute Gasteiger partial charge is 0.129 e. The molecule has 0 saturated heterocycles. The minimum absolute atomic E-state index is 0.314. The Morgan fingerprint density at radius 2 is 2.00 bits per heavy atom. The van der Waals surface area contributed by atoms with E-state index >= 15 is 0 Å². The molecule has 5 heteroatoms. The third kappa shape index (κ3) is 3.01. The van der Waals surface area contributed by atoms with Gasteiger partial charge in [0.05, 0.1) is 5.69 Å². The largest absolute Gasteiger partial charge is 0.388 e. The molecule has 0 fully saturated rings. The Morgan fingerprint density at radius 3 is 2.67 bits per heavy atom. The molecule has 0 amide bonds. The summed E-state index contributed by atoms with van der Waals surface area (Å²) in [7, 11) is 1.98. The van der Waals surface area contributed by atoms with Gasteiger partial charge in [-0.25, -0.2) is 4.98 Å². The van der Waals surface area contributed by atoms with Gasteiger partial charge in [-0.2, -0.15) is 0 Å². The molecule has 0 bridgehead atoms. The Kier molecular flexibility index (Phi) is 3.84. The van der Waals surface area contributed by atoms with Crippen LogP contribution in [0.1, 0.15) is 11.3 Å². The topological polar surface area (TPSA) is 55.0 Å². The Labute approximate surface area is 111 Å². The molecule has 18 heavy (non-hydrogen) atoms. The molecule has 0 aliphatic heterocycles. The summed E-state index contributed by atoms with van der Waals surface area (Å²) in [5, 5.41) is 0. The van der Waals surface area contributed by atoms with Crippen LogP contribution < -0.4 is 10.6 Å². The molecule has 0 aliphatic carbocycles. The summed E-state index contributed by atoms with van der Waals surface area (Å²) in [6, 6.07) is 9.61. The van der Waals surface area contributed by atoms with Gasteiger partial charge < -0.3 is 10.6 Å². The lowest BCUT2D eigenvalue weighted by atomic mass is 10.2. The first-order valence-electron chi connectivity index (χ1n) is 5.54. The van der Waals surface area contributed by atoms with Gasteiger partial charge in [0.2, 0.25) is 0 Å². The molecule has 0 atom stereocenters. The lowest BCUT2D eigenvalue weighted by Crippen LogP contribution is -2.20. The highest BCUT2D eigenvalue weighted by molar-refractivity contribution is 7.80. The maximum absolute atomic E-state index is 5.58. The number of nitrogens with two attached hydrogens (primary N) is 1. The number of thiocarbonyl (C=S) groups is 1. The van der Waals surface area contributed by atoms with Crippen molar-refractivity contribution >= 4 is 23.0 Å². The van der Waals surface area contributed by atoms with Gasteiger partial charge in [0, 0.05) is 26.0 Å². The number of anilines is 1. The van der Waals surface area contributed by atoms with Crippen LogP contribution in [0.25, 0.3) is 0 Å². The maximum Gasteiger partial charge on any atom is 0.129 e. The van der Waals surface area contributed by atoms with E-state index in [0.29, 0.717) is 10.7 Å². The van der Waals surface area contributed by atoms with E-state index in [2.05, 4.69) is 9.97 Å². The average Bonchev–Trinajstić information content (AvgIpc) is 2.40. The number of hydrogen-bond acceptors (Lipinski definition) is 4. The molecule has 0 radical (unpaired) electrons. The van der Waals surface area contributed by atoms with Gasteiger partial charge in [0.1, 0.15) is 10.8 Å². The lowest BCUT2D eigenvalue weighted by molar-refractivity contribution is 0.894. The zero-order valence-corrected chi connectivity index (χ0v) is 10.9. The van der Waals surface area contributed by atoms with E-state index in [1.54, 1.807) is 12.4 Å². The van der Waals surface area contributed by atoms with Crippen molar-refractivity contribution in [2.24, 2.45) is 5.73 Å². The quantitative estimate of drug-likeness (QED) is 0.847. The summed E-state index contributed by atoms with van der Waals surface area (Å²) in [5.74, 6) is 0.845. The van der Waals surface area contributed by atoms with Gasteiger partial charge in [-0.3, -0.25) is 4.98 Å². The molecule has 2 heterocycles. The van der Waals surface area contributed by atoms with Gasteiger partial charge in [0.15, 0.2) is 0 Å². The van der Waals surface area contributed by atoms with Crippen LogP contribution in [0.5, 0.6) is 0 Å². The molecule has 2 rings (SSSR count). The fourth-order valence-electron chi connectivity index (χ4n) is 1.62. The number of nitrogens with zero attached hydrogens (tertiary/aromatic N) is 3. The molecular formula is C13H14N4S. The second kappa shape index (κ2) is 5.55. The van der Waals surface area contributed by atoms with Crippen LogP contribution in [0.3, 0.4) is 0 Å². The molecular weight excluding hydrogens is 244 g/mol. The Bertz CT molecular complexity index is 542. The first kappa shape index (κ1) is 12.4. The zero-order chi connectivity index (χ0) is 13.0. The summed E-state index contributed by atoms with van der Waals surface area (Å²) in [6.07, 6.45) is 3.56. The highest BCUT2D eigenvalue weighted by Crippen LogP contribution is 2.12. The molecule has 0 aromatic carbocycles. The van der Waals surface area contributed by atoms with Gasteiger partial charge >= 0.3 is 0 Å². The van der Waals surface area contributed by atoms with Gasteiger partial charge in [-0.1, -0.05) is 18.3 Å². The molecule has 0 spiro atoms. The first-order chi connectivity index (χ1) is 8.66. The summed E-state index contributed by atoms with van der Waals surface area (Å²) < 4.78 is 0. The molecule has 0 unspecified atom stereocenters. The Balaban J connectivity index is 2.16. The van der Waals surface area contributed by atoms with Crippen molar-refractivity contribution in [1.82, 2.24) is 9.97 Å². The summed E-state index contributed by atoms with van der Waals surface area (Å²) in [5.41, 5.74) is 7.40. The number of rotatable bonds is 4. The molecule has 2 aromatic heterocycles. The van der Waals surface area contributed by atoms with Crippen molar-refractivity contribution in [3.8, 4) is 0 Å². The zero-order valence-electron chi connectivity index (χ0n) is 10.1. The van der Waals surface area contributed by atoms with Crippen LogP contribution in [0, 0.1) is 0 Å². The Hall–Kier alpha value is -2.01. The molecule has 2 aromatic rings. The van der Waals surface area contributed by atoms with Crippen molar-refractivity contribution < 1.29 is 0 Å². The van der Waals surface area contributed by atoms with Crippen LogP contribution in [0.2, 0.25) is 0 Å².